The van der Waals surface area contributed by atoms with Gasteiger partial charge in [0.2, 0.25) is 0 Å². The monoisotopic (exact) mass is 536 g/mol. The van der Waals surface area contributed by atoms with Crippen LogP contribution in [0.15, 0.2) is 0 Å². The number of hydrogen-bond acceptors (Lipinski definition) is 7. The molecular weight excluding hydrogens is 474 g/mol. The van der Waals surface area contributed by atoms with E-state index in [0.717, 1.165) is 12.8 Å². The van der Waals surface area contributed by atoms with Crippen molar-refractivity contribution in [3.8, 4) is 0 Å². The minimum Gasteiger partial charge on any atom is -0.394 e. The van der Waals surface area contributed by atoms with Gasteiger partial charge in [0.05, 0.1) is 27.3 Å². The van der Waals surface area contributed by atoms with E-state index in [1.807, 2.05) is 0 Å². The van der Waals surface area contributed by atoms with E-state index in [1.165, 1.54) is 89.9 Å². The Morgan fingerprint density at radius 3 is 1.41 bits per heavy atom. The molecule has 8 nitrogen and oxygen atoms in total. The van der Waals surface area contributed by atoms with Crippen LogP contribution in [0.5, 0.6) is 0 Å². The summed E-state index contributed by atoms with van der Waals surface area (Å²) < 4.78 is 5.82. The maximum absolute atomic E-state index is 10.3. The van der Waals surface area contributed by atoms with Gasteiger partial charge in [-0.25, -0.2) is 0 Å². The summed E-state index contributed by atoms with van der Waals surface area (Å²) in [7, 11) is 3.59. The van der Waals surface area contributed by atoms with Crippen molar-refractivity contribution >= 4 is 0 Å². The van der Waals surface area contributed by atoms with Gasteiger partial charge in [-0.2, -0.15) is 0 Å². The first-order valence-electron chi connectivity index (χ1n) is 15.1. The Balaban J connectivity index is 3.64. The second kappa shape index (κ2) is 23.6. The van der Waals surface area contributed by atoms with E-state index < -0.39 is 37.1 Å². The average Bonchev–Trinajstić information content (AvgIpc) is 2.85. The second-order valence-corrected chi connectivity index (χ2v) is 11.6. The van der Waals surface area contributed by atoms with Crippen LogP contribution in [0.25, 0.3) is 0 Å². The van der Waals surface area contributed by atoms with Crippen LogP contribution in [-0.4, -0.2) is 113 Å². The van der Waals surface area contributed by atoms with Gasteiger partial charge in [0, 0.05) is 6.61 Å². The van der Waals surface area contributed by atoms with E-state index in [-0.39, 0.29) is 17.6 Å². The van der Waals surface area contributed by atoms with E-state index in [1.54, 1.807) is 14.1 Å². The fourth-order valence-electron chi connectivity index (χ4n) is 4.85. The SMILES string of the molecule is CCCCCCCCCCCCCCCCCCOCC(O)C[N+](C)(C)CC(O)C(O)C(O)C(O)CO. The number of nitrogens with zero attached hydrogens (tertiary/aromatic N) is 1. The Morgan fingerprint density at radius 1 is 0.568 bits per heavy atom. The molecule has 6 N–H and O–H groups in total. The Bertz CT molecular complexity index is 495. The molecule has 0 bridgehead atoms. The first kappa shape index (κ1) is 36.7. The summed E-state index contributed by atoms with van der Waals surface area (Å²) in [5.74, 6) is 0. The summed E-state index contributed by atoms with van der Waals surface area (Å²) in [6.07, 6.45) is 14.4. The molecule has 0 radical (unpaired) electrons. The van der Waals surface area contributed by atoms with Crippen LogP contribution in [0.1, 0.15) is 110 Å². The summed E-state index contributed by atoms with van der Waals surface area (Å²) in [6.45, 7) is 2.76. The van der Waals surface area contributed by atoms with Crippen molar-refractivity contribution in [2.24, 2.45) is 0 Å². The number of aliphatic hydroxyl groups excluding tert-OH is 6. The summed E-state index contributed by atoms with van der Waals surface area (Å²) in [4.78, 5) is 0. The molecular formula is C29H62NO7+. The lowest BCUT2D eigenvalue weighted by molar-refractivity contribution is -0.897. The zero-order chi connectivity index (χ0) is 27.9. The van der Waals surface area contributed by atoms with Crippen LogP contribution in [0.4, 0.5) is 0 Å². The van der Waals surface area contributed by atoms with Gasteiger partial charge in [0.25, 0.3) is 0 Å². The van der Waals surface area contributed by atoms with Crippen molar-refractivity contribution < 1.29 is 39.9 Å². The zero-order valence-electron chi connectivity index (χ0n) is 24.3. The summed E-state index contributed by atoms with van der Waals surface area (Å²) in [5, 5.41) is 58.6. The third kappa shape index (κ3) is 21.2. The number of ether oxygens (including phenoxy) is 1. The Labute approximate surface area is 227 Å². The van der Waals surface area contributed by atoms with Crippen molar-refractivity contribution in [1.82, 2.24) is 0 Å². The summed E-state index contributed by atoms with van der Waals surface area (Å²) >= 11 is 0. The van der Waals surface area contributed by atoms with Crippen LogP contribution < -0.4 is 0 Å². The molecule has 0 aliphatic rings. The van der Waals surface area contributed by atoms with Crippen molar-refractivity contribution in [2.75, 3.05) is 47.0 Å². The van der Waals surface area contributed by atoms with E-state index in [9.17, 15) is 25.5 Å². The van der Waals surface area contributed by atoms with Crippen molar-refractivity contribution in [2.45, 2.75) is 140 Å². The fraction of sp³-hybridized carbons (Fsp3) is 1.00. The third-order valence-electron chi connectivity index (χ3n) is 7.16. The van der Waals surface area contributed by atoms with Crippen LogP contribution in [-0.2, 0) is 4.74 Å². The van der Waals surface area contributed by atoms with Gasteiger partial charge in [-0.05, 0) is 6.42 Å². The van der Waals surface area contributed by atoms with Crippen LogP contribution in [0.2, 0.25) is 0 Å². The van der Waals surface area contributed by atoms with Gasteiger partial charge in [-0.1, -0.05) is 103 Å². The molecule has 37 heavy (non-hydrogen) atoms. The lowest BCUT2D eigenvalue weighted by Crippen LogP contribution is -2.56. The molecule has 0 saturated heterocycles. The highest BCUT2D eigenvalue weighted by Crippen LogP contribution is 2.14. The second-order valence-electron chi connectivity index (χ2n) is 11.6. The number of rotatable bonds is 27. The summed E-state index contributed by atoms with van der Waals surface area (Å²) in [6, 6.07) is 0. The number of hydrogen-bond donors (Lipinski definition) is 6. The highest BCUT2D eigenvalue weighted by atomic mass is 16.5. The highest BCUT2D eigenvalue weighted by Gasteiger charge is 2.34. The van der Waals surface area contributed by atoms with Crippen LogP contribution in [0, 0.1) is 0 Å². The van der Waals surface area contributed by atoms with Crippen molar-refractivity contribution in [3.05, 3.63) is 0 Å². The molecule has 0 aliphatic carbocycles. The molecule has 0 rings (SSSR count). The normalized spacial score (nSPS) is 16.5. The molecule has 0 aromatic rings. The van der Waals surface area contributed by atoms with Crippen LogP contribution >= 0.6 is 0 Å². The average molecular weight is 537 g/mol. The number of aliphatic hydroxyl groups is 6. The minimum absolute atomic E-state index is 0.0621. The maximum Gasteiger partial charge on any atom is 0.131 e. The Morgan fingerprint density at radius 2 is 0.973 bits per heavy atom. The topological polar surface area (TPSA) is 131 Å². The highest BCUT2D eigenvalue weighted by molar-refractivity contribution is 4.80. The molecule has 8 heteroatoms. The molecule has 0 saturated carbocycles. The first-order valence-corrected chi connectivity index (χ1v) is 15.1. The molecule has 0 fully saturated rings. The number of quaternary nitrogens is 1. The quantitative estimate of drug-likeness (QED) is 0.0702. The Kier molecular flexibility index (Phi) is 23.4. The Hall–Kier alpha value is -0.320. The minimum atomic E-state index is -1.65. The molecule has 0 aromatic carbocycles. The largest absolute Gasteiger partial charge is 0.394 e. The lowest BCUT2D eigenvalue weighted by atomic mass is 10.0. The van der Waals surface area contributed by atoms with E-state index >= 15 is 0 Å². The zero-order valence-corrected chi connectivity index (χ0v) is 24.3. The van der Waals surface area contributed by atoms with Gasteiger partial charge in [-0.15, -0.1) is 0 Å². The van der Waals surface area contributed by atoms with Gasteiger partial charge >= 0.3 is 0 Å². The molecule has 0 aromatic heterocycles. The maximum atomic E-state index is 10.3. The molecule has 0 heterocycles. The van der Waals surface area contributed by atoms with Crippen molar-refractivity contribution in [3.63, 3.8) is 0 Å². The molecule has 0 amide bonds. The first-order chi connectivity index (χ1) is 17.6. The lowest BCUT2D eigenvalue weighted by Gasteiger charge is -2.35. The van der Waals surface area contributed by atoms with Gasteiger partial charge in [0.1, 0.15) is 43.6 Å². The molecule has 5 unspecified atom stereocenters. The summed E-state index contributed by atoms with van der Waals surface area (Å²) in [5.41, 5.74) is 0. The molecule has 0 spiro atoms. The van der Waals surface area contributed by atoms with E-state index in [0.29, 0.717) is 13.2 Å². The molecule has 0 aliphatic heterocycles. The molecule has 224 valence electrons. The van der Waals surface area contributed by atoms with E-state index in [4.69, 9.17) is 9.84 Å². The standard InChI is InChI=1S/C29H62NO7/c1-4-5-6-7-8-9-10-11-12-13-14-15-16-17-18-19-20-37-24-25(32)21-30(2,3)22-26(33)28(35)29(36)27(34)23-31/h25-29,31-36H,4-24H2,1-3H3/q+1. The third-order valence-corrected chi connectivity index (χ3v) is 7.16. The molecule has 5 atom stereocenters. The van der Waals surface area contributed by atoms with Crippen LogP contribution in [0.3, 0.4) is 0 Å². The number of unbranched alkanes of at least 4 members (excludes halogenated alkanes) is 15. The smallest absolute Gasteiger partial charge is 0.131 e. The predicted octanol–water partition coefficient (Wildman–Crippen LogP) is 3.14. The number of likely N-dealkylation sites (N-methyl/N-ethyl adjacent to an activating group) is 1. The predicted molar refractivity (Wildman–Crippen MR) is 149 cm³/mol. The van der Waals surface area contributed by atoms with Gasteiger partial charge in [-0.3, -0.25) is 0 Å². The fourth-order valence-corrected chi connectivity index (χ4v) is 4.85. The van der Waals surface area contributed by atoms with Gasteiger partial charge < -0.3 is 39.9 Å². The van der Waals surface area contributed by atoms with E-state index in [2.05, 4.69) is 6.92 Å². The van der Waals surface area contributed by atoms with Gasteiger partial charge in [0.15, 0.2) is 0 Å². The van der Waals surface area contributed by atoms with Crippen molar-refractivity contribution in [1.29, 1.82) is 0 Å².